The van der Waals surface area contributed by atoms with Gasteiger partial charge in [-0.15, -0.1) is 0 Å². The third-order valence-corrected chi connectivity index (χ3v) is 2.62. The molecule has 0 aromatic heterocycles. The van der Waals surface area contributed by atoms with Crippen LogP contribution in [0.4, 0.5) is 0 Å². The van der Waals surface area contributed by atoms with Crippen molar-refractivity contribution in [3.05, 3.63) is 0 Å². The summed E-state index contributed by atoms with van der Waals surface area (Å²) in [6.45, 7) is 10.7. The predicted molar refractivity (Wildman–Crippen MR) is 78.6 cm³/mol. The Morgan fingerprint density at radius 2 is 0.714 bits per heavy atom. The molecule has 1 aliphatic rings. The molecule has 0 aromatic rings. The van der Waals surface area contributed by atoms with E-state index in [9.17, 15) is 0 Å². The molecule has 0 radical (unpaired) electrons. The number of ether oxygens (including phenoxy) is 4. The maximum absolute atomic E-state index is 4.41. The second-order valence-electron chi connectivity index (χ2n) is 4.18. The van der Waals surface area contributed by atoms with Gasteiger partial charge in [-0.2, -0.15) is 0 Å². The summed E-state index contributed by atoms with van der Waals surface area (Å²) in [5.74, 6) is 0. The molecule has 1 fully saturated rings. The molecule has 0 aliphatic carbocycles. The Balaban J connectivity index is -0.00000108. The maximum Gasteiger partial charge on any atom is 4.00 e. The minimum Gasteiger partial charge on any atom is -1.00 e. The van der Waals surface area contributed by atoms with Crippen molar-refractivity contribution < 1.29 is 52.4 Å². The molecule has 9 N–H and O–H groups in total. The Morgan fingerprint density at radius 1 is 0.476 bits per heavy atom. The molecule has 130 valence electrons. The molecule has 1 heterocycles. The van der Waals surface area contributed by atoms with Gasteiger partial charge < -0.3 is 48.1 Å². The number of aliphatic hydroxyl groups is 8. The molecule has 0 amide bonds. The van der Waals surface area contributed by atoms with Crippen molar-refractivity contribution in [2.45, 2.75) is 0 Å². The molecule has 0 unspecified atom stereocenters. The number of rotatable bonds is 0. The molecule has 9 heteroatoms. The summed E-state index contributed by atoms with van der Waals surface area (Å²) in [5, 5.41) is 6.66. The second-order valence-corrected chi connectivity index (χ2v) is 4.18. The molecule has 1 saturated heterocycles. The summed E-state index contributed by atoms with van der Waals surface area (Å²) in [5.41, 5.74) is 0. The predicted octanol–water partition coefficient (Wildman–Crippen LogP) is -5.55. The van der Waals surface area contributed by atoms with Crippen LogP contribution < -0.4 is 29.2 Å². The van der Waals surface area contributed by atoms with Gasteiger partial charge >= 0.3 is 21.1 Å². The van der Waals surface area contributed by atoms with E-state index in [0.29, 0.717) is 0 Å². The number of hydrogen-bond donors (Lipinski definition) is 3. The first kappa shape index (κ1) is 26.6. The minimum absolute atomic E-state index is 0. The Hall–Kier alpha value is 0.698. The van der Waals surface area contributed by atoms with Gasteiger partial charge in [0, 0.05) is 0 Å². The SMILES string of the molecule is C1C[OH+]CC[OH+]CCNCC[OH+]CC[OH+]CCN1.N.[Cl-].[Pt+4]. The largest absolute Gasteiger partial charge is 4.00 e. The normalized spacial score (nSPS) is 20.6. The quantitative estimate of drug-likeness (QED) is 0.281. The zero-order valence-corrected chi connectivity index (χ0v) is 15.7. The molecule has 1 rings (SSSR count). The van der Waals surface area contributed by atoms with E-state index in [1.807, 2.05) is 0 Å². The van der Waals surface area contributed by atoms with E-state index in [1.54, 1.807) is 0 Å². The van der Waals surface area contributed by atoms with Crippen LogP contribution in [0.2, 0.25) is 0 Å². The van der Waals surface area contributed by atoms with Gasteiger partial charge in [-0.05, 0) is 0 Å². The molecule has 1 aliphatic heterocycles. The van der Waals surface area contributed by atoms with E-state index in [2.05, 4.69) is 29.6 Å². The number of hydrogen-bond acceptors (Lipinski definition) is 3. The van der Waals surface area contributed by atoms with Crippen LogP contribution in [0.1, 0.15) is 0 Å². The van der Waals surface area contributed by atoms with Crippen molar-refractivity contribution in [1.29, 1.82) is 0 Å². The van der Waals surface area contributed by atoms with Crippen LogP contribution in [0.25, 0.3) is 0 Å². The standard InChI is InChI=1S/C12H26N2O4.ClH.H3N.Pt/c1-5-15-9-10-17-7-3-14-4-8-18-12-11-16-6-2-13-1;;;/h13-14H,1-12H2;1H;1H3;/q;;;+4/p+3. The summed E-state index contributed by atoms with van der Waals surface area (Å²) in [7, 11) is 0. The van der Waals surface area contributed by atoms with Crippen LogP contribution in [0.3, 0.4) is 0 Å². The molecule has 0 saturated carbocycles. The summed E-state index contributed by atoms with van der Waals surface area (Å²) in [6, 6.07) is 0. The summed E-state index contributed by atoms with van der Waals surface area (Å²) < 4.78 is 17.6. The molecule has 21 heavy (non-hydrogen) atoms. The van der Waals surface area contributed by atoms with E-state index in [4.69, 9.17) is 0 Å². The van der Waals surface area contributed by atoms with Crippen LogP contribution in [0, 0.1) is 0 Å². The number of halogens is 1. The first-order valence-corrected chi connectivity index (χ1v) is 6.94. The molecule has 0 atom stereocenters. The van der Waals surface area contributed by atoms with Gasteiger partial charge in [-0.1, -0.05) is 0 Å². The summed E-state index contributed by atoms with van der Waals surface area (Å²) in [4.78, 5) is 0. The van der Waals surface area contributed by atoms with Gasteiger partial charge in [0.1, 0.15) is 0 Å². The fraction of sp³-hybridized carbons (Fsp3) is 1.00. The van der Waals surface area contributed by atoms with E-state index in [1.165, 1.54) is 0 Å². The summed E-state index contributed by atoms with van der Waals surface area (Å²) >= 11 is 0. The van der Waals surface area contributed by atoms with E-state index in [-0.39, 0.29) is 39.6 Å². The maximum atomic E-state index is 4.41. The van der Waals surface area contributed by atoms with Gasteiger partial charge in [0.2, 0.25) is 26.4 Å². The molecule has 0 aromatic carbocycles. The van der Waals surface area contributed by atoms with Gasteiger partial charge in [0.25, 0.3) is 0 Å². The zero-order chi connectivity index (χ0) is 12.7. The van der Waals surface area contributed by atoms with Crippen LogP contribution in [-0.2, 0) is 21.1 Å². The number of nitrogens with one attached hydrogen (secondary N) is 2. The van der Waals surface area contributed by atoms with Crippen molar-refractivity contribution in [3.8, 4) is 0 Å². The molecule has 0 bridgehead atoms. The van der Waals surface area contributed by atoms with Crippen molar-refractivity contribution in [2.75, 3.05) is 79.0 Å². The van der Waals surface area contributed by atoms with Crippen molar-refractivity contribution >= 4 is 0 Å². The fourth-order valence-corrected chi connectivity index (χ4v) is 1.61. The summed E-state index contributed by atoms with van der Waals surface area (Å²) in [6.07, 6.45) is 0. The van der Waals surface area contributed by atoms with Gasteiger partial charge in [0.15, 0.2) is 26.4 Å². The average molecular weight is 514 g/mol. The minimum atomic E-state index is 0. The molecule has 7 nitrogen and oxygen atoms in total. The van der Waals surface area contributed by atoms with Crippen LogP contribution in [0.5, 0.6) is 0 Å². The zero-order valence-electron chi connectivity index (χ0n) is 12.7. The van der Waals surface area contributed by atoms with Crippen LogP contribution in [0.15, 0.2) is 0 Å². The molecular weight excluding hydrogens is 481 g/mol. The second kappa shape index (κ2) is 23.0. The van der Waals surface area contributed by atoms with Gasteiger partial charge in [0.05, 0.1) is 26.2 Å². The Bertz CT molecular complexity index is 112. The van der Waals surface area contributed by atoms with E-state index in [0.717, 1.165) is 79.0 Å². The molecular formula is C12H33ClN3O4Pt+7. The van der Waals surface area contributed by atoms with E-state index >= 15 is 0 Å². The van der Waals surface area contributed by atoms with Gasteiger partial charge in [-0.25, -0.2) is 0 Å². The van der Waals surface area contributed by atoms with Gasteiger partial charge in [-0.3, -0.25) is 0 Å². The van der Waals surface area contributed by atoms with Crippen molar-refractivity contribution in [1.82, 2.24) is 16.8 Å². The van der Waals surface area contributed by atoms with Crippen molar-refractivity contribution in [3.63, 3.8) is 0 Å². The van der Waals surface area contributed by atoms with Crippen LogP contribution >= 0.6 is 0 Å². The third kappa shape index (κ3) is 20.7. The van der Waals surface area contributed by atoms with Crippen LogP contribution in [-0.4, -0.2) is 98.0 Å². The fourth-order valence-electron chi connectivity index (χ4n) is 1.61. The van der Waals surface area contributed by atoms with E-state index < -0.39 is 0 Å². The van der Waals surface area contributed by atoms with Crippen molar-refractivity contribution in [2.24, 2.45) is 0 Å². The monoisotopic (exact) mass is 513 g/mol. The Kier molecular flexibility index (Phi) is 29.1. The molecule has 0 spiro atoms. The third-order valence-electron chi connectivity index (χ3n) is 2.62. The Labute approximate surface area is 148 Å². The average Bonchev–Trinajstić information content (AvgIpc) is 2.39. The topological polar surface area (TPSA) is 110 Å². The first-order chi connectivity index (χ1) is 9.00. The Morgan fingerprint density at radius 3 is 0.952 bits per heavy atom. The first-order valence-electron chi connectivity index (χ1n) is 6.94. The smallest absolute Gasteiger partial charge is 1.00 e.